The van der Waals surface area contributed by atoms with Crippen LogP contribution in [0, 0.1) is 6.92 Å². The predicted molar refractivity (Wildman–Crippen MR) is 162 cm³/mol. The zero-order chi connectivity index (χ0) is 29.0. The highest BCUT2D eigenvalue weighted by Gasteiger charge is 2.36. The molecule has 8 heteroatoms. The molecule has 0 radical (unpaired) electrons. The van der Waals surface area contributed by atoms with Crippen molar-refractivity contribution in [3.8, 4) is 0 Å². The average molecular weight is 570 g/mol. The second-order valence-corrected chi connectivity index (χ2v) is 12.3. The lowest BCUT2D eigenvalue weighted by Gasteiger charge is -2.32. The molecule has 0 aliphatic carbocycles. The van der Waals surface area contributed by atoms with Gasteiger partial charge in [0.2, 0.25) is 11.8 Å². The lowest BCUT2D eigenvalue weighted by molar-refractivity contribution is -0.141. The number of nitrogens with one attached hydrogen (secondary N) is 1. The van der Waals surface area contributed by atoms with Gasteiger partial charge in [-0.2, -0.15) is 0 Å². The standard InChI is InChI=1S/C33H35N3O4S/c1-3-34-33(38)29(22-25-12-5-4-6-13-25)35(23-26-14-7-11-24(2)21-26)31(37)19-10-20-36-28-17-8-15-27-16-9-18-30(32(27)28)41(36,39)40/h4-9,11-18,21,29H,3,10,19-20,22-23H2,1-2H3,(H,34,38)/t29-/m0/s1. The van der Waals surface area contributed by atoms with E-state index in [2.05, 4.69) is 5.32 Å². The van der Waals surface area contributed by atoms with Crippen LogP contribution < -0.4 is 9.62 Å². The van der Waals surface area contributed by atoms with Crippen LogP contribution in [0.2, 0.25) is 0 Å². The summed E-state index contributed by atoms with van der Waals surface area (Å²) >= 11 is 0. The van der Waals surface area contributed by atoms with Gasteiger partial charge in [0.25, 0.3) is 10.0 Å². The molecule has 1 aliphatic heterocycles. The van der Waals surface area contributed by atoms with Crippen LogP contribution in [0.15, 0.2) is 95.9 Å². The molecule has 0 unspecified atom stereocenters. The van der Waals surface area contributed by atoms with Crippen LogP contribution in [0.5, 0.6) is 0 Å². The van der Waals surface area contributed by atoms with E-state index in [9.17, 15) is 18.0 Å². The van der Waals surface area contributed by atoms with Crippen LogP contribution in [0.25, 0.3) is 10.8 Å². The maximum atomic E-state index is 13.9. The Kier molecular flexibility index (Phi) is 8.40. The van der Waals surface area contributed by atoms with Crippen molar-refractivity contribution in [2.24, 2.45) is 0 Å². The molecule has 4 aromatic rings. The van der Waals surface area contributed by atoms with Gasteiger partial charge in [-0.25, -0.2) is 8.42 Å². The smallest absolute Gasteiger partial charge is 0.265 e. The summed E-state index contributed by atoms with van der Waals surface area (Å²) in [6, 6.07) is 27.8. The zero-order valence-corrected chi connectivity index (χ0v) is 24.2. The van der Waals surface area contributed by atoms with Gasteiger partial charge in [-0.3, -0.25) is 13.9 Å². The molecule has 1 aliphatic rings. The van der Waals surface area contributed by atoms with Crippen molar-refractivity contribution in [1.29, 1.82) is 0 Å². The second-order valence-electron chi connectivity index (χ2n) is 10.4. The number of likely N-dealkylation sites (N-methyl/N-ethyl adjacent to an activating group) is 1. The third kappa shape index (κ3) is 5.98. The van der Waals surface area contributed by atoms with Crippen LogP contribution in [-0.4, -0.2) is 44.3 Å². The van der Waals surface area contributed by atoms with Gasteiger partial charge in [-0.15, -0.1) is 0 Å². The van der Waals surface area contributed by atoms with Crippen molar-refractivity contribution in [3.63, 3.8) is 0 Å². The summed E-state index contributed by atoms with van der Waals surface area (Å²) < 4.78 is 28.2. The molecule has 0 aromatic heterocycles. The molecule has 1 heterocycles. The minimum absolute atomic E-state index is 0.106. The first-order chi connectivity index (χ1) is 19.8. The minimum Gasteiger partial charge on any atom is -0.355 e. The highest BCUT2D eigenvalue weighted by Crippen LogP contribution is 2.42. The fourth-order valence-corrected chi connectivity index (χ4v) is 7.32. The maximum absolute atomic E-state index is 13.9. The molecular weight excluding hydrogens is 534 g/mol. The Bertz CT molecular complexity index is 1670. The summed E-state index contributed by atoms with van der Waals surface area (Å²) in [6.45, 7) is 4.76. The Morgan fingerprint density at radius 3 is 2.34 bits per heavy atom. The van der Waals surface area contributed by atoms with Gasteiger partial charge in [0, 0.05) is 37.9 Å². The summed E-state index contributed by atoms with van der Waals surface area (Å²) in [4.78, 5) is 29.2. The van der Waals surface area contributed by atoms with Crippen molar-refractivity contribution >= 4 is 38.3 Å². The van der Waals surface area contributed by atoms with Crippen LogP contribution in [0.3, 0.4) is 0 Å². The average Bonchev–Trinajstić information content (AvgIpc) is 3.18. The van der Waals surface area contributed by atoms with E-state index in [0.29, 0.717) is 30.0 Å². The molecule has 0 bridgehead atoms. The first kappa shape index (κ1) is 28.4. The quantitative estimate of drug-likeness (QED) is 0.269. The number of carbonyl (C=O) groups excluding carboxylic acids is 2. The maximum Gasteiger partial charge on any atom is 0.265 e. The molecule has 0 saturated heterocycles. The predicted octanol–water partition coefficient (Wildman–Crippen LogP) is 5.21. The molecule has 212 valence electrons. The molecule has 0 saturated carbocycles. The minimum atomic E-state index is -3.70. The van der Waals surface area contributed by atoms with Gasteiger partial charge in [0.15, 0.2) is 0 Å². The fourth-order valence-electron chi connectivity index (χ4n) is 5.57. The molecule has 4 aromatic carbocycles. The molecule has 41 heavy (non-hydrogen) atoms. The monoisotopic (exact) mass is 569 g/mol. The normalized spacial score (nSPS) is 14.1. The largest absolute Gasteiger partial charge is 0.355 e. The molecular formula is C33H35N3O4S. The molecule has 0 fully saturated rings. The van der Waals surface area contributed by atoms with E-state index in [4.69, 9.17) is 0 Å². The summed E-state index contributed by atoms with van der Waals surface area (Å²) in [7, 11) is -3.70. The van der Waals surface area contributed by atoms with Gasteiger partial charge in [0.05, 0.1) is 10.6 Å². The van der Waals surface area contributed by atoms with Crippen molar-refractivity contribution < 1.29 is 18.0 Å². The Hall–Kier alpha value is -4.17. The molecule has 5 rings (SSSR count). The fraction of sp³-hybridized carbons (Fsp3) is 0.273. The van der Waals surface area contributed by atoms with E-state index in [0.717, 1.165) is 27.5 Å². The summed E-state index contributed by atoms with van der Waals surface area (Å²) in [5, 5.41) is 4.51. The lowest BCUT2D eigenvalue weighted by Crippen LogP contribution is -2.50. The highest BCUT2D eigenvalue weighted by molar-refractivity contribution is 7.93. The van der Waals surface area contributed by atoms with E-state index >= 15 is 0 Å². The molecule has 2 amide bonds. The number of benzene rings is 4. The third-order valence-corrected chi connectivity index (χ3v) is 9.35. The van der Waals surface area contributed by atoms with E-state index in [1.165, 1.54) is 4.31 Å². The van der Waals surface area contributed by atoms with E-state index < -0.39 is 16.1 Å². The summed E-state index contributed by atoms with van der Waals surface area (Å²) in [5.74, 6) is -0.396. The van der Waals surface area contributed by atoms with Crippen LogP contribution in [0.4, 0.5) is 5.69 Å². The summed E-state index contributed by atoms with van der Waals surface area (Å²) in [6.07, 6.45) is 0.803. The number of anilines is 1. The van der Waals surface area contributed by atoms with Crippen LogP contribution in [0.1, 0.15) is 36.5 Å². The number of rotatable bonds is 11. The highest BCUT2D eigenvalue weighted by atomic mass is 32.2. The molecule has 0 spiro atoms. The van der Waals surface area contributed by atoms with Crippen molar-refractivity contribution in [2.75, 3.05) is 17.4 Å². The first-order valence-corrected chi connectivity index (χ1v) is 15.4. The number of aryl methyl sites for hydroxylation is 1. The van der Waals surface area contributed by atoms with Gasteiger partial charge in [-0.1, -0.05) is 84.4 Å². The molecule has 7 nitrogen and oxygen atoms in total. The second kappa shape index (κ2) is 12.1. The number of hydrogen-bond donors (Lipinski definition) is 1. The number of amides is 2. The van der Waals surface area contributed by atoms with Gasteiger partial charge < -0.3 is 10.2 Å². The molecule has 1 N–H and O–H groups in total. The van der Waals surface area contributed by atoms with Gasteiger partial charge in [0.1, 0.15) is 6.04 Å². The Labute approximate surface area is 241 Å². The van der Waals surface area contributed by atoms with E-state index in [1.807, 2.05) is 92.7 Å². The zero-order valence-electron chi connectivity index (χ0n) is 23.4. The number of hydrogen-bond acceptors (Lipinski definition) is 4. The van der Waals surface area contributed by atoms with Crippen molar-refractivity contribution in [3.05, 3.63) is 108 Å². The van der Waals surface area contributed by atoms with E-state index in [-0.39, 0.29) is 31.3 Å². The van der Waals surface area contributed by atoms with Crippen molar-refractivity contribution in [2.45, 2.75) is 50.6 Å². The van der Waals surface area contributed by atoms with Crippen LogP contribution in [-0.2, 0) is 32.6 Å². The van der Waals surface area contributed by atoms with Gasteiger partial charge in [-0.05, 0) is 48.9 Å². The summed E-state index contributed by atoms with van der Waals surface area (Å²) in [5.41, 5.74) is 3.61. The van der Waals surface area contributed by atoms with E-state index in [1.54, 1.807) is 17.0 Å². The topological polar surface area (TPSA) is 86.8 Å². The lowest BCUT2D eigenvalue weighted by atomic mass is 10.0. The Balaban J connectivity index is 1.39. The third-order valence-electron chi connectivity index (χ3n) is 7.49. The van der Waals surface area contributed by atoms with Gasteiger partial charge >= 0.3 is 0 Å². The first-order valence-electron chi connectivity index (χ1n) is 14.0. The molecule has 1 atom stereocenters. The Morgan fingerprint density at radius 2 is 1.61 bits per heavy atom. The number of carbonyl (C=O) groups is 2. The number of sulfonamides is 1. The SMILES string of the molecule is CCNC(=O)[C@H](Cc1ccccc1)N(Cc1cccc(C)c1)C(=O)CCCN1c2cccc3cccc(c23)S1(=O)=O. The van der Waals surface area contributed by atoms with Crippen LogP contribution >= 0.6 is 0 Å². The number of nitrogens with zero attached hydrogens (tertiary/aromatic N) is 2. The Morgan fingerprint density at radius 1 is 0.902 bits per heavy atom. The van der Waals surface area contributed by atoms with Crippen molar-refractivity contribution in [1.82, 2.24) is 10.2 Å².